The summed E-state index contributed by atoms with van der Waals surface area (Å²) < 4.78 is 0. The number of carbonyl (C=O) groups is 10. The van der Waals surface area contributed by atoms with Crippen LogP contribution in [0.25, 0.3) is 0 Å². The van der Waals surface area contributed by atoms with Gasteiger partial charge in [-0.3, -0.25) is 48.1 Å². The summed E-state index contributed by atoms with van der Waals surface area (Å²) >= 11 is 0. The summed E-state index contributed by atoms with van der Waals surface area (Å²) in [6, 6.07) is 1.58. The Kier molecular flexibility index (Phi) is 25.5. The van der Waals surface area contributed by atoms with E-state index >= 15 is 0 Å². The number of carbonyl (C=O) groups excluding carboxylic acids is 8. The van der Waals surface area contributed by atoms with E-state index < -0.39 is 138 Å². The van der Waals surface area contributed by atoms with Crippen molar-refractivity contribution < 1.29 is 68.4 Å². The molecule has 0 spiro atoms. The van der Waals surface area contributed by atoms with Crippen LogP contribution in [0.3, 0.4) is 0 Å². The van der Waals surface area contributed by atoms with Gasteiger partial charge in [0.2, 0.25) is 47.3 Å². The van der Waals surface area contributed by atoms with Gasteiger partial charge < -0.3 is 84.7 Å². The maximum atomic E-state index is 14.6. The van der Waals surface area contributed by atoms with E-state index in [-0.39, 0.29) is 63.3 Å². The van der Waals surface area contributed by atoms with Crippen LogP contribution >= 0.6 is 0 Å². The first-order valence-corrected chi connectivity index (χ1v) is 26.5. The molecular formula is C53H76N14O14. The minimum Gasteiger partial charge on any atom is -0.508 e. The third-order valence-electron chi connectivity index (χ3n) is 13.5. The number of imidazole rings is 1. The molecule has 3 aromatic rings. The second-order valence-electron chi connectivity index (χ2n) is 20.1. The number of nitrogens with one attached hydrogen (secondary N) is 8. The van der Waals surface area contributed by atoms with Crippen LogP contribution in [0.5, 0.6) is 5.75 Å². The van der Waals surface area contributed by atoms with E-state index in [4.69, 9.17) is 22.3 Å². The Bertz CT molecular complexity index is 2650. The minimum atomic E-state index is -1.76. The number of phenols is 1. The third-order valence-corrected chi connectivity index (χ3v) is 13.5. The molecule has 2 aromatic carbocycles. The normalized spacial score (nSPS) is 16.3. The number of benzene rings is 2. The molecule has 4 rings (SSSR count). The summed E-state index contributed by atoms with van der Waals surface area (Å²) in [5.74, 6) is -11.3. The highest BCUT2D eigenvalue weighted by molar-refractivity contribution is 5.98. The second-order valence-corrected chi connectivity index (χ2v) is 20.1. The lowest BCUT2D eigenvalue weighted by molar-refractivity contribution is -0.145. The average Bonchev–Trinajstić information content (AvgIpc) is 4.17. The number of nitrogens with zero attached hydrogens (tertiary/aromatic N) is 3. The number of phenolic OH excluding ortho intramolecular Hbond substituents is 1. The molecule has 0 bridgehead atoms. The number of aromatic nitrogens is 2. The van der Waals surface area contributed by atoms with Crippen molar-refractivity contribution in [3.8, 4) is 5.75 Å². The zero-order valence-electron chi connectivity index (χ0n) is 45.6. The van der Waals surface area contributed by atoms with E-state index in [2.05, 4.69) is 52.2 Å². The number of aromatic hydroxyl groups is 1. The second kappa shape index (κ2) is 31.8. The van der Waals surface area contributed by atoms with Gasteiger partial charge in [-0.05, 0) is 60.8 Å². The standard InChI is InChI=1S/C53H76N14O14/c1-5-29(4)43(50(78)62-37(23-32-25-57-27-59-32)51(79)67-20-10-14-40(67)48(76)63-38(52(80)81)22-30-11-7-6-8-12-30)66-46(74)36(21-31-15-17-33(69)18-16-31)61-47(75)39(26-68)64-49(77)42(28(2)3)65-45(73)35(13-9-19-58-53(55)56)60-44(72)34(54)24-41(70)71/h6-8,11-12,15-18,25,27-29,34-40,42-43,68-69H,5,9-10,13-14,19-24,26,54H2,1-4H3,(H,57,59)(H,60,72)(H,61,75)(H,62,78)(H,63,76)(H,64,77)(H,65,73)(H,66,74)(H,70,71)(H,80,81)(H4,55,56,58)/t29-,34-,35-,36-,37-,38-,39-,40-,42-,43-/m0/s1. The monoisotopic (exact) mass is 1130 g/mol. The van der Waals surface area contributed by atoms with E-state index in [9.17, 15) is 63.3 Å². The smallest absolute Gasteiger partial charge is 0.326 e. The van der Waals surface area contributed by atoms with Gasteiger partial charge in [-0.1, -0.05) is 76.6 Å². The van der Waals surface area contributed by atoms with Crippen molar-refractivity contribution in [2.24, 2.45) is 34.0 Å². The molecule has 1 aliphatic heterocycles. The number of amides is 8. The molecule has 1 aromatic heterocycles. The molecule has 28 heteroatoms. The van der Waals surface area contributed by atoms with Crippen molar-refractivity contribution in [2.45, 2.75) is 140 Å². The highest BCUT2D eigenvalue weighted by atomic mass is 16.4. The molecule has 18 N–H and O–H groups in total. The van der Waals surface area contributed by atoms with Crippen LogP contribution in [0.1, 0.15) is 83.0 Å². The van der Waals surface area contributed by atoms with Crippen molar-refractivity contribution in [3.63, 3.8) is 0 Å². The zero-order chi connectivity index (χ0) is 59.9. The Morgan fingerprint density at radius 2 is 1.30 bits per heavy atom. The van der Waals surface area contributed by atoms with Gasteiger partial charge in [-0.2, -0.15) is 0 Å². The Balaban J connectivity index is 1.56. The zero-order valence-corrected chi connectivity index (χ0v) is 45.6. The topological polar surface area (TPSA) is 458 Å². The highest BCUT2D eigenvalue weighted by Gasteiger charge is 2.41. The number of rotatable bonds is 32. The molecule has 10 atom stereocenters. The minimum absolute atomic E-state index is 0.0180. The molecule has 0 radical (unpaired) electrons. The molecule has 0 saturated carbocycles. The van der Waals surface area contributed by atoms with E-state index in [1.807, 2.05) is 0 Å². The average molecular weight is 1130 g/mol. The summed E-state index contributed by atoms with van der Waals surface area (Å²) in [7, 11) is 0. The molecular weight excluding hydrogens is 1060 g/mol. The van der Waals surface area contributed by atoms with Gasteiger partial charge in [0, 0.05) is 44.2 Å². The summed E-state index contributed by atoms with van der Waals surface area (Å²) in [5, 5.41) is 57.6. The maximum Gasteiger partial charge on any atom is 0.326 e. The number of aliphatic hydroxyl groups excluding tert-OH is 1. The van der Waals surface area contributed by atoms with E-state index in [0.717, 1.165) is 0 Å². The quantitative estimate of drug-likeness (QED) is 0.0170. The van der Waals surface area contributed by atoms with E-state index in [1.54, 1.807) is 58.0 Å². The van der Waals surface area contributed by atoms with E-state index in [1.165, 1.54) is 41.7 Å². The van der Waals surface area contributed by atoms with Crippen molar-refractivity contribution in [1.82, 2.24) is 52.1 Å². The largest absolute Gasteiger partial charge is 0.508 e. The van der Waals surface area contributed by atoms with Gasteiger partial charge in [0.1, 0.15) is 54.1 Å². The molecule has 442 valence electrons. The number of guanidine groups is 1. The van der Waals surface area contributed by atoms with Gasteiger partial charge in [-0.15, -0.1) is 0 Å². The molecule has 8 amide bonds. The molecule has 1 aliphatic rings. The molecule has 81 heavy (non-hydrogen) atoms. The Morgan fingerprint density at radius 1 is 0.716 bits per heavy atom. The molecule has 0 unspecified atom stereocenters. The maximum absolute atomic E-state index is 14.6. The van der Waals surface area contributed by atoms with E-state index in [0.29, 0.717) is 29.7 Å². The third kappa shape index (κ3) is 20.5. The van der Waals surface area contributed by atoms with Crippen LogP contribution in [-0.4, -0.2) is 175 Å². The summed E-state index contributed by atoms with van der Waals surface area (Å²) in [6.45, 7) is 5.64. The van der Waals surface area contributed by atoms with Crippen LogP contribution in [0.2, 0.25) is 0 Å². The van der Waals surface area contributed by atoms with Crippen molar-refractivity contribution in [3.05, 3.63) is 83.9 Å². The predicted octanol–water partition coefficient (Wildman–Crippen LogP) is -2.84. The fraction of sp³-hybridized carbons (Fsp3) is 0.509. The lowest BCUT2D eigenvalue weighted by atomic mass is 9.96. The number of aliphatic carboxylic acids is 2. The van der Waals surface area contributed by atoms with Crippen LogP contribution < -0.4 is 54.4 Å². The van der Waals surface area contributed by atoms with Gasteiger partial charge in [0.15, 0.2) is 5.96 Å². The highest BCUT2D eigenvalue weighted by Crippen LogP contribution is 2.21. The number of aliphatic imine (C=N–C) groups is 1. The summed E-state index contributed by atoms with van der Waals surface area (Å²) in [6.07, 6.45) is 2.59. The van der Waals surface area contributed by atoms with Crippen LogP contribution in [-0.2, 0) is 67.2 Å². The predicted molar refractivity (Wildman–Crippen MR) is 292 cm³/mol. The number of carboxylic acids is 2. The van der Waals surface area contributed by atoms with Crippen molar-refractivity contribution in [2.75, 3.05) is 19.7 Å². The van der Waals surface area contributed by atoms with Crippen LogP contribution in [0.4, 0.5) is 0 Å². The van der Waals surface area contributed by atoms with Crippen LogP contribution in [0, 0.1) is 11.8 Å². The fourth-order valence-electron chi connectivity index (χ4n) is 8.78. The molecule has 0 aliphatic carbocycles. The summed E-state index contributed by atoms with van der Waals surface area (Å²) in [4.78, 5) is 148. The molecule has 2 heterocycles. The first-order valence-electron chi connectivity index (χ1n) is 26.5. The van der Waals surface area contributed by atoms with Gasteiger partial charge >= 0.3 is 11.9 Å². The Hall–Kier alpha value is -8.66. The lowest BCUT2D eigenvalue weighted by Gasteiger charge is -2.32. The van der Waals surface area contributed by atoms with Gasteiger partial charge in [0.25, 0.3) is 0 Å². The molecule has 1 fully saturated rings. The number of hydrogen-bond donors (Lipinski definition) is 15. The number of nitrogens with two attached hydrogens (primary N) is 3. The van der Waals surface area contributed by atoms with Gasteiger partial charge in [0.05, 0.1) is 25.4 Å². The SMILES string of the molecule is CC[C@H](C)[C@H](NC(=O)[C@H](Cc1ccc(O)cc1)NC(=O)[C@H](CO)NC(=O)[C@@H](NC(=O)[C@H](CCCN=C(N)N)NC(=O)[C@@H](N)CC(=O)O)C(C)C)C(=O)N[C@@H](Cc1cnc[nH]1)C(=O)N1CCC[C@H]1C(=O)N[C@@H](Cc1ccccc1)C(=O)O. The number of hydrogen-bond acceptors (Lipinski definition) is 15. The van der Waals surface area contributed by atoms with Gasteiger partial charge in [-0.25, -0.2) is 9.78 Å². The first kappa shape index (κ1) is 64.9. The summed E-state index contributed by atoms with van der Waals surface area (Å²) in [5.41, 5.74) is 18.0. The number of aromatic amines is 1. The molecule has 1 saturated heterocycles. The Labute approximate surface area is 467 Å². The number of carboxylic acid groups (broad SMARTS) is 2. The Morgan fingerprint density at radius 3 is 1.89 bits per heavy atom. The number of H-pyrrole nitrogens is 1. The lowest BCUT2D eigenvalue weighted by Crippen LogP contribution is -2.62. The molecule has 28 nitrogen and oxygen atoms in total. The van der Waals surface area contributed by atoms with Crippen LogP contribution in [0.15, 0.2) is 72.1 Å². The fourth-order valence-corrected chi connectivity index (χ4v) is 8.78. The number of aliphatic hydroxyl groups is 1. The van der Waals surface area contributed by atoms with Crippen molar-refractivity contribution >= 4 is 65.2 Å². The number of likely N-dealkylation sites (tertiary alicyclic amines) is 1. The first-order chi connectivity index (χ1) is 38.4. The van der Waals surface area contributed by atoms with Crippen molar-refractivity contribution in [1.29, 1.82) is 0 Å².